The fourth-order valence-electron chi connectivity index (χ4n) is 1.71. The molecule has 3 nitrogen and oxygen atoms in total. The number of aryl methyl sites for hydroxylation is 1. The van der Waals surface area contributed by atoms with Crippen molar-refractivity contribution in [3.05, 3.63) is 34.7 Å². The molecular weight excluding hydrogens is 261 g/mol. The average Bonchev–Trinajstić information content (AvgIpc) is 2.80. The lowest BCUT2D eigenvalue weighted by molar-refractivity contribution is 0.590. The molecule has 19 heavy (non-hydrogen) atoms. The maximum Gasteiger partial charge on any atom is 0.142 e. The summed E-state index contributed by atoms with van der Waals surface area (Å²) < 4.78 is 12.9. The first-order valence-electron chi connectivity index (χ1n) is 6.44. The molecule has 0 unspecified atom stereocenters. The largest absolute Gasteiger partial charge is 0.310 e. The third-order valence-electron chi connectivity index (χ3n) is 2.73. The van der Waals surface area contributed by atoms with Crippen LogP contribution in [0.15, 0.2) is 18.3 Å². The Morgan fingerprint density at radius 2 is 2.16 bits per heavy atom. The van der Waals surface area contributed by atoms with Gasteiger partial charge in [0.2, 0.25) is 0 Å². The molecule has 0 atom stereocenters. The Balaban J connectivity index is 2.25. The Kier molecular flexibility index (Phi) is 4.61. The van der Waals surface area contributed by atoms with Gasteiger partial charge in [-0.25, -0.2) is 9.37 Å². The summed E-state index contributed by atoms with van der Waals surface area (Å²) in [6.07, 6.45) is 2.13. The number of nitrogens with zero attached hydrogens (tertiary/aromatic N) is 2. The molecule has 0 spiro atoms. The zero-order valence-electron chi connectivity index (χ0n) is 11.4. The number of pyridine rings is 1. The van der Waals surface area contributed by atoms with Gasteiger partial charge in [0.15, 0.2) is 0 Å². The Bertz CT molecular complexity index is 534. The summed E-state index contributed by atoms with van der Waals surface area (Å²) in [6, 6.07) is 3.54. The van der Waals surface area contributed by atoms with Gasteiger partial charge in [0, 0.05) is 17.5 Å². The van der Waals surface area contributed by atoms with Gasteiger partial charge in [0.05, 0.1) is 17.6 Å². The first-order valence-corrected chi connectivity index (χ1v) is 7.25. The molecule has 2 rings (SSSR count). The molecule has 0 amide bonds. The minimum Gasteiger partial charge on any atom is -0.310 e. The van der Waals surface area contributed by atoms with Crippen LogP contribution in [0.4, 0.5) is 4.39 Å². The Hall–Kier alpha value is -1.33. The van der Waals surface area contributed by atoms with Crippen LogP contribution in [0.5, 0.6) is 0 Å². The van der Waals surface area contributed by atoms with Gasteiger partial charge in [0.25, 0.3) is 0 Å². The molecule has 0 aliphatic heterocycles. The van der Waals surface area contributed by atoms with E-state index >= 15 is 0 Å². The first-order chi connectivity index (χ1) is 9.10. The van der Waals surface area contributed by atoms with E-state index in [9.17, 15) is 4.39 Å². The van der Waals surface area contributed by atoms with Crippen LogP contribution >= 0.6 is 11.3 Å². The Labute approximate surface area is 116 Å². The molecule has 0 saturated carbocycles. The van der Waals surface area contributed by atoms with E-state index < -0.39 is 0 Å². The van der Waals surface area contributed by atoms with Crippen LogP contribution in [0, 0.1) is 5.82 Å². The van der Waals surface area contributed by atoms with Gasteiger partial charge in [-0.3, -0.25) is 4.98 Å². The highest BCUT2D eigenvalue weighted by molar-refractivity contribution is 7.15. The molecule has 0 bridgehead atoms. The standard InChI is InChI=1S/C14H18FN3S/c1-4-11-13(8-16-9(2)3)19-14(18-11)12-6-5-10(15)7-17-12/h5-7,9,16H,4,8H2,1-3H3. The van der Waals surface area contributed by atoms with Crippen molar-refractivity contribution < 1.29 is 4.39 Å². The van der Waals surface area contributed by atoms with E-state index in [4.69, 9.17) is 0 Å². The summed E-state index contributed by atoms with van der Waals surface area (Å²) >= 11 is 1.63. The lowest BCUT2D eigenvalue weighted by atomic mass is 10.3. The quantitative estimate of drug-likeness (QED) is 0.911. The topological polar surface area (TPSA) is 37.8 Å². The zero-order valence-corrected chi connectivity index (χ0v) is 12.2. The predicted octanol–water partition coefficient (Wildman–Crippen LogP) is 3.40. The van der Waals surface area contributed by atoms with Crippen LogP contribution in [0.2, 0.25) is 0 Å². The van der Waals surface area contributed by atoms with Gasteiger partial charge in [-0.2, -0.15) is 0 Å². The van der Waals surface area contributed by atoms with E-state index in [2.05, 4.69) is 36.1 Å². The minimum absolute atomic E-state index is 0.322. The van der Waals surface area contributed by atoms with Crippen molar-refractivity contribution in [2.45, 2.75) is 39.8 Å². The first kappa shape index (κ1) is 14.1. The number of hydrogen-bond acceptors (Lipinski definition) is 4. The normalized spacial score (nSPS) is 11.2. The summed E-state index contributed by atoms with van der Waals surface area (Å²) in [5.41, 5.74) is 1.83. The van der Waals surface area contributed by atoms with Crippen LogP contribution in [0.1, 0.15) is 31.3 Å². The van der Waals surface area contributed by atoms with E-state index in [1.165, 1.54) is 17.1 Å². The number of nitrogens with one attached hydrogen (secondary N) is 1. The number of hydrogen-bond donors (Lipinski definition) is 1. The van der Waals surface area contributed by atoms with Crippen molar-refractivity contribution in [2.24, 2.45) is 0 Å². The second-order valence-electron chi connectivity index (χ2n) is 4.64. The molecule has 0 radical (unpaired) electrons. The summed E-state index contributed by atoms with van der Waals surface area (Å²) in [7, 11) is 0. The van der Waals surface area contributed by atoms with Gasteiger partial charge in [-0.1, -0.05) is 20.8 Å². The average molecular weight is 279 g/mol. The second kappa shape index (κ2) is 6.21. The van der Waals surface area contributed by atoms with E-state index in [1.54, 1.807) is 17.4 Å². The monoisotopic (exact) mass is 279 g/mol. The SMILES string of the molecule is CCc1nc(-c2ccc(F)cn2)sc1CNC(C)C. The van der Waals surface area contributed by atoms with Crippen molar-refractivity contribution in [3.63, 3.8) is 0 Å². The van der Waals surface area contributed by atoms with E-state index in [1.807, 2.05) is 0 Å². The molecule has 2 heterocycles. The zero-order chi connectivity index (χ0) is 13.8. The highest BCUT2D eigenvalue weighted by Gasteiger charge is 2.12. The van der Waals surface area contributed by atoms with Crippen LogP contribution in [-0.2, 0) is 13.0 Å². The molecule has 1 N–H and O–H groups in total. The van der Waals surface area contributed by atoms with Crippen LogP contribution in [0.25, 0.3) is 10.7 Å². The molecule has 0 saturated heterocycles. The second-order valence-corrected chi connectivity index (χ2v) is 5.72. The van der Waals surface area contributed by atoms with Crippen molar-refractivity contribution >= 4 is 11.3 Å². The number of halogens is 1. The Morgan fingerprint density at radius 1 is 1.37 bits per heavy atom. The smallest absolute Gasteiger partial charge is 0.142 e. The highest BCUT2D eigenvalue weighted by Crippen LogP contribution is 2.27. The number of rotatable bonds is 5. The van der Waals surface area contributed by atoms with Crippen LogP contribution < -0.4 is 5.32 Å². The summed E-state index contributed by atoms with van der Waals surface area (Å²) in [5.74, 6) is -0.322. The Morgan fingerprint density at radius 3 is 2.74 bits per heavy atom. The molecule has 0 fully saturated rings. The van der Waals surface area contributed by atoms with Crippen molar-refractivity contribution in [1.29, 1.82) is 0 Å². The van der Waals surface area contributed by atoms with Crippen LogP contribution in [0.3, 0.4) is 0 Å². The minimum atomic E-state index is -0.322. The molecule has 2 aromatic rings. The van der Waals surface area contributed by atoms with E-state index in [0.29, 0.717) is 6.04 Å². The van der Waals surface area contributed by atoms with E-state index in [-0.39, 0.29) is 5.82 Å². The highest BCUT2D eigenvalue weighted by atomic mass is 32.1. The maximum atomic E-state index is 12.9. The predicted molar refractivity (Wildman–Crippen MR) is 76.7 cm³/mol. The number of aromatic nitrogens is 2. The molecule has 102 valence electrons. The van der Waals surface area contributed by atoms with Gasteiger partial charge in [-0.05, 0) is 18.6 Å². The maximum absolute atomic E-state index is 12.9. The third-order valence-corrected chi connectivity index (χ3v) is 3.85. The lowest BCUT2D eigenvalue weighted by Crippen LogP contribution is -2.21. The molecule has 0 aliphatic carbocycles. The van der Waals surface area contributed by atoms with E-state index in [0.717, 1.165) is 29.4 Å². The summed E-state index contributed by atoms with van der Waals surface area (Å²) in [6.45, 7) is 7.15. The fraction of sp³-hybridized carbons (Fsp3) is 0.429. The third kappa shape index (κ3) is 3.58. The van der Waals surface area contributed by atoms with Crippen molar-refractivity contribution in [3.8, 4) is 10.7 Å². The molecule has 0 aromatic carbocycles. The summed E-state index contributed by atoms with van der Waals surface area (Å²) in [4.78, 5) is 9.92. The molecule has 5 heteroatoms. The molecular formula is C14H18FN3S. The number of thiazole rings is 1. The molecule has 2 aromatic heterocycles. The van der Waals surface area contributed by atoms with Crippen molar-refractivity contribution in [2.75, 3.05) is 0 Å². The van der Waals surface area contributed by atoms with Gasteiger partial charge >= 0.3 is 0 Å². The lowest BCUT2D eigenvalue weighted by Gasteiger charge is -2.06. The fourth-order valence-corrected chi connectivity index (χ4v) is 2.78. The van der Waals surface area contributed by atoms with Gasteiger partial charge in [0.1, 0.15) is 10.8 Å². The van der Waals surface area contributed by atoms with Gasteiger partial charge < -0.3 is 5.32 Å². The summed E-state index contributed by atoms with van der Waals surface area (Å²) in [5, 5.41) is 4.26. The van der Waals surface area contributed by atoms with Gasteiger partial charge in [-0.15, -0.1) is 11.3 Å². The van der Waals surface area contributed by atoms with Crippen molar-refractivity contribution in [1.82, 2.24) is 15.3 Å². The van der Waals surface area contributed by atoms with Crippen LogP contribution in [-0.4, -0.2) is 16.0 Å². The molecule has 0 aliphatic rings.